The van der Waals surface area contributed by atoms with Crippen LogP contribution < -0.4 is 0 Å². The van der Waals surface area contributed by atoms with Gasteiger partial charge in [-0.3, -0.25) is 4.79 Å². The topological polar surface area (TPSA) is 57.6 Å². The van der Waals surface area contributed by atoms with E-state index in [1.54, 1.807) is 18.2 Å². The Morgan fingerprint density at radius 3 is 2.31 bits per heavy atom. The Bertz CT molecular complexity index is 749. The first-order valence-electron chi connectivity index (χ1n) is 9.26. The van der Waals surface area contributed by atoms with Crippen molar-refractivity contribution in [3.8, 4) is 0 Å². The molecule has 4 nitrogen and oxygen atoms in total. The summed E-state index contributed by atoms with van der Waals surface area (Å²) in [6, 6.07) is 17.4. The highest BCUT2D eigenvalue weighted by molar-refractivity contribution is 5.89. The molecule has 0 aromatic heterocycles. The van der Waals surface area contributed by atoms with E-state index in [9.17, 15) is 14.7 Å². The fraction of sp³-hybridized carbons (Fsp3) is 0.364. The molecule has 26 heavy (non-hydrogen) atoms. The van der Waals surface area contributed by atoms with Gasteiger partial charge in [0.15, 0.2) is 0 Å². The number of benzene rings is 2. The lowest BCUT2D eigenvalue weighted by atomic mass is 9.90. The summed E-state index contributed by atoms with van der Waals surface area (Å²) in [5.74, 6) is -0.174. The minimum Gasteiger partial charge on any atom is -0.478 e. The lowest BCUT2D eigenvalue weighted by molar-refractivity contribution is -0.132. The van der Waals surface area contributed by atoms with Crippen LogP contribution in [-0.4, -0.2) is 35.0 Å². The summed E-state index contributed by atoms with van der Waals surface area (Å²) in [4.78, 5) is 25.7. The van der Waals surface area contributed by atoms with Gasteiger partial charge in [-0.2, -0.15) is 0 Å². The number of rotatable bonds is 6. The number of carbonyl (C=O) groups excluding carboxylic acids is 1. The van der Waals surface area contributed by atoms with Crippen molar-refractivity contribution in [2.24, 2.45) is 5.92 Å². The van der Waals surface area contributed by atoms with Crippen molar-refractivity contribution in [1.29, 1.82) is 0 Å². The number of aromatic carboxylic acids is 1. The average molecular weight is 351 g/mol. The first-order valence-corrected chi connectivity index (χ1v) is 9.26. The fourth-order valence-corrected chi connectivity index (χ4v) is 3.68. The first-order chi connectivity index (χ1) is 12.6. The summed E-state index contributed by atoms with van der Waals surface area (Å²) in [5, 5.41) is 9.23. The van der Waals surface area contributed by atoms with Crippen molar-refractivity contribution in [2.45, 2.75) is 32.1 Å². The zero-order valence-electron chi connectivity index (χ0n) is 14.9. The molecular weight excluding hydrogens is 326 g/mol. The molecule has 4 heteroatoms. The van der Waals surface area contributed by atoms with Crippen molar-refractivity contribution in [1.82, 2.24) is 4.90 Å². The summed E-state index contributed by atoms with van der Waals surface area (Å²) >= 11 is 0. The van der Waals surface area contributed by atoms with Crippen molar-refractivity contribution in [3.63, 3.8) is 0 Å². The van der Waals surface area contributed by atoms with Crippen molar-refractivity contribution >= 4 is 11.9 Å². The van der Waals surface area contributed by atoms with Gasteiger partial charge in [0.25, 0.3) is 0 Å². The molecule has 136 valence electrons. The first kappa shape index (κ1) is 18.2. The molecule has 1 heterocycles. The molecule has 1 fully saturated rings. The van der Waals surface area contributed by atoms with Crippen LogP contribution in [0, 0.1) is 5.92 Å². The van der Waals surface area contributed by atoms with E-state index in [-0.39, 0.29) is 5.91 Å². The molecule has 1 N–H and O–H groups in total. The van der Waals surface area contributed by atoms with Gasteiger partial charge in [-0.25, -0.2) is 4.79 Å². The molecule has 3 rings (SSSR count). The van der Waals surface area contributed by atoms with E-state index in [0.29, 0.717) is 24.3 Å². The third-order valence-electron chi connectivity index (χ3n) is 5.19. The Balaban J connectivity index is 1.48. The maximum atomic E-state index is 12.5. The van der Waals surface area contributed by atoms with Crippen molar-refractivity contribution < 1.29 is 14.7 Å². The number of carboxylic acids is 1. The van der Waals surface area contributed by atoms with Crippen LogP contribution >= 0.6 is 0 Å². The molecule has 1 amide bonds. The predicted octanol–water partition coefficient (Wildman–Crippen LogP) is 3.80. The van der Waals surface area contributed by atoms with E-state index in [2.05, 4.69) is 24.3 Å². The SMILES string of the molecule is O=C(O)c1ccccc1CCC(=O)N1CCC(Cc2ccccc2)CC1. The highest BCUT2D eigenvalue weighted by Gasteiger charge is 2.23. The van der Waals surface area contributed by atoms with Gasteiger partial charge in [-0.15, -0.1) is 0 Å². The summed E-state index contributed by atoms with van der Waals surface area (Å²) in [6.45, 7) is 1.60. The van der Waals surface area contributed by atoms with Gasteiger partial charge in [0.05, 0.1) is 5.56 Å². The third-order valence-corrected chi connectivity index (χ3v) is 5.19. The Morgan fingerprint density at radius 1 is 0.962 bits per heavy atom. The van der Waals surface area contributed by atoms with E-state index in [4.69, 9.17) is 0 Å². The van der Waals surface area contributed by atoms with E-state index in [0.717, 1.165) is 37.9 Å². The smallest absolute Gasteiger partial charge is 0.335 e. The molecular formula is C22H25NO3. The second-order valence-electron chi connectivity index (χ2n) is 6.98. The summed E-state index contributed by atoms with van der Waals surface area (Å²) in [6.07, 6.45) is 3.99. The molecule has 0 unspecified atom stereocenters. The number of amides is 1. The largest absolute Gasteiger partial charge is 0.478 e. The molecule has 0 radical (unpaired) electrons. The van der Waals surface area contributed by atoms with Crippen LogP contribution in [0.2, 0.25) is 0 Å². The highest BCUT2D eigenvalue weighted by atomic mass is 16.4. The van der Waals surface area contributed by atoms with Crippen LogP contribution in [0.4, 0.5) is 0 Å². The van der Waals surface area contributed by atoms with Crippen LogP contribution in [0.1, 0.15) is 40.7 Å². The second kappa shape index (κ2) is 8.65. The van der Waals surface area contributed by atoms with Crippen molar-refractivity contribution in [2.75, 3.05) is 13.1 Å². The zero-order chi connectivity index (χ0) is 18.4. The molecule has 1 saturated heterocycles. The summed E-state index contributed by atoms with van der Waals surface area (Å²) in [5.41, 5.74) is 2.39. The van der Waals surface area contributed by atoms with Crippen LogP contribution in [0.25, 0.3) is 0 Å². The van der Waals surface area contributed by atoms with Crippen LogP contribution in [-0.2, 0) is 17.6 Å². The Hall–Kier alpha value is -2.62. The number of piperidine rings is 1. The Kier molecular flexibility index (Phi) is 6.05. The Labute approximate surface area is 154 Å². The minimum absolute atomic E-state index is 0.128. The number of hydrogen-bond acceptors (Lipinski definition) is 2. The Morgan fingerprint density at radius 2 is 1.62 bits per heavy atom. The van der Waals surface area contributed by atoms with Gasteiger partial charge < -0.3 is 10.0 Å². The van der Waals surface area contributed by atoms with Crippen molar-refractivity contribution in [3.05, 3.63) is 71.3 Å². The monoisotopic (exact) mass is 351 g/mol. The molecule has 1 aliphatic heterocycles. The number of hydrogen-bond donors (Lipinski definition) is 1. The molecule has 2 aromatic carbocycles. The molecule has 1 aliphatic rings. The van der Waals surface area contributed by atoms with E-state index >= 15 is 0 Å². The van der Waals surface area contributed by atoms with Gasteiger partial charge in [0.1, 0.15) is 0 Å². The summed E-state index contributed by atoms with van der Waals surface area (Å²) in [7, 11) is 0. The quantitative estimate of drug-likeness (QED) is 0.861. The van der Waals surface area contributed by atoms with Crippen LogP contribution in [0.3, 0.4) is 0 Å². The van der Waals surface area contributed by atoms with Crippen LogP contribution in [0.5, 0.6) is 0 Å². The number of nitrogens with zero attached hydrogens (tertiary/aromatic N) is 1. The van der Waals surface area contributed by atoms with E-state index in [1.165, 1.54) is 5.56 Å². The number of carboxylic acid groups (broad SMARTS) is 1. The maximum absolute atomic E-state index is 12.5. The third kappa shape index (κ3) is 4.72. The lowest BCUT2D eigenvalue weighted by Crippen LogP contribution is -2.39. The normalized spacial score (nSPS) is 15.0. The summed E-state index contributed by atoms with van der Waals surface area (Å²) < 4.78 is 0. The standard InChI is InChI=1S/C22H25NO3/c24-21(11-10-19-8-4-5-9-20(19)22(25)26)23-14-12-18(13-15-23)16-17-6-2-1-3-7-17/h1-9,18H,10-16H2,(H,25,26). The number of likely N-dealkylation sites (tertiary alicyclic amines) is 1. The van der Waals surface area contributed by atoms with E-state index < -0.39 is 5.97 Å². The van der Waals surface area contributed by atoms with Crippen LogP contribution in [0.15, 0.2) is 54.6 Å². The fourth-order valence-electron chi connectivity index (χ4n) is 3.68. The number of carbonyl (C=O) groups is 2. The molecule has 0 atom stereocenters. The maximum Gasteiger partial charge on any atom is 0.335 e. The lowest BCUT2D eigenvalue weighted by Gasteiger charge is -2.32. The number of aryl methyl sites for hydroxylation is 1. The molecule has 2 aromatic rings. The van der Waals surface area contributed by atoms with Gasteiger partial charge in [0, 0.05) is 19.5 Å². The zero-order valence-corrected chi connectivity index (χ0v) is 14.9. The molecule has 0 spiro atoms. The predicted molar refractivity (Wildman–Crippen MR) is 101 cm³/mol. The molecule has 0 aliphatic carbocycles. The second-order valence-corrected chi connectivity index (χ2v) is 6.98. The molecule has 0 saturated carbocycles. The van der Waals surface area contributed by atoms with Gasteiger partial charge in [-0.1, -0.05) is 48.5 Å². The molecule has 0 bridgehead atoms. The minimum atomic E-state index is -0.935. The average Bonchev–Trinajstić information content (AvgIpc) is 2.67. The highest BCUT2D eigenvalue weighted by Crippen LogP contribution is 2.22. The van der Waals surface area contributed by atoms with Gasteiger partial charge in [0.2, 0.25) is 5.91 Å². The van der Waals surface area contributed by atoms with E-state index in [1.807, 2.05) is 17.0 Å². The van der Waals surface area contributed by atoms with Gasteiger partial charge >= 0.3 is 5.97 Å². The van der Waals surface area contributed by atoms with Gasteiger partial charge in [-0.05, 0) is 48.8 Å².